The van der Waals surface area contributed by atoms with Crippen LogP contribution in [0.1, 0.15) is 54.6 Å². The van der Waals surface area contributed by atoms with E-state index in [4.69, 9.17) is 5.26 Å². The largest absolute Gasteiger partial charge is 0.272 e. The van der Waals surface area contributed by atoms with Gasteiger partial charge in [-0.1, -0.05) is 12.8 Å². The Labute approximate surface area is 160 Å². The van der Waals surface area contributed by atoms with E-state index in [0.29, 0.717) is 12.1 Å². The Hall–Kier alpha value is -2.17. The number of nitrogens with zero attached hydrogens (tertiary/aromatic N) is 4. The predicted molar refractivity (Wildman–Crippen MR) is 101 cm³/mol. The van der Waals surface area contributed by atoms with Crippen molar-refractivity contribution >= 4 is 10.0 Å². The number of rotatable bonds is 5. The zero-order valence-electron chi connectivity index (χ0n) is 15.6. The van der Waals surface area contributed by atoms with Crippen molar-refractivity contribution < 1.29 is 8.42 Å². The Bertz CT molecular complexity index is 980. The highest BCUT2D eigenvalue weighted by Crippen LogP contribution is 2.32. The predicted octanol–water partition coefficient (Wildman–Crippen LogP) is 2.91. The molecule has 0 spiro atoms. The zero-order chi connectivity index (χ0) is 19.0. The van der Waals surface area contributed by atoms with Gasteiger partial charge in [-0.05, 0) is 61.9 Å². The summed E-state index contributed by atoms with van der Waals surface area (Å²) in [5.74, 6) is 0. The Morgan fingerprint density at radius 2 is 1.89 bits per heavy atom. The standard InChI is InChI=1S/C20H24N4O2S/c1-23-20-8-4-7-18(20)19(22-23)14-24(16-5-2-3-6-16)27(25,26)17-11-9-15(13-21)10-12-17/h9-12,16H,2-8,14H2,1H3. The molecule has 2 aliphatic rings. The highest BCUT2D eigenvalue weighted by atomic mass is 32.2. The van der Waals surface area contributed by atoms with Crippen molar-refractivity contribution in [1.29, 1.82) is 5.26 Å². The van der Waals surface area contributed by atoms with E-state index in [2.05, 4.69) is 5.10 Å². The summed E-state index contributed by atoms with van der Waals surface area (Å²) >= 11 is 0. The van der Waals surface area contributed by atoms with E-state index in [0.717, 1.165) is 50.6 Å². The van der Waals surface area contributed by atoms with Crippen LogP contribution in [0.15, 0.2) is 29.2 Å². The smallest absolute Gasteiger partial charge is 0.243 e. The zero-order valence-corrected chi connectivity index (χ0v) is 16.4. The maximum absolute atomic E-state index is 13.4. The number of aromatic nitrogens is 2. The maximum Gasteiger partial charge on any atom is 0.243 e. The third-order valence-corrected chi connectivity index (χ3v) is 7.74. The average molecular weight is 385 g/mol. The van der Waals surface area contributed by atoms with Gasteiger partial charge in [-0.15, -0.1) is 0 Å². The molecule has 0 radical (unpaired) electrons. The van der Waals surface area contributed by atoms with Gasteiger partial charge in [0.15, 0.2) is 0 Å². The van der Waals surface area contributed by atoms with Gasteiger partial charge in [0, 0.05) is 18.8 Å². The van der Waals surface area contributed by atoms with Crippen molar-refractivity contribution in [2.24, 2.45) is 7.05 Å². The molecule has 0 aliphatic heterocycles. The van der Waals surface area contributed by atoms with Gasteiger partial charge in [-0.2, -0.15) is 14.7 Å². The lowest BCUT2D eigenvalue weighted by atomic mass is 10.2. The normalized spacial score (nSPS) is 17.4. The minimum absolute atomic E-state index is 0.0182. The molecule has 27 heavy (non-hydrogen) atoms. The fourth-order valence-corrected chi connectivity index (χ4v) is 6.06. The number of sulfonamides is 1. The minimum atomic E-state index is -3.64. The molecule has 1 saturated carbocycles. The first-order chi connectivity index (χ1) is 13.0. The number of benzene rings is 1. The van der Waals surface area contributed by atoms with Gasteiger partial charge in [0.05, 0.1) is 28.8 Å². The average Bonchev–Trinajstić information content (AvgIpc) is 3.40. The SMILES string of the molecule is Cn1nc(CN(C2CCCC2)S(=O)(=O)c2ccc(C#N)cc2)c2c1CCC2. The van der Waals surface area contributed by atoms with Crippen LogP contribution in [-0.2, 0) is 36.5 Å². The second kappa shape index (κ2) is 7.10. The van der Waals surface area contributed by atoms with Crippen LogP contribution in [0.25, 0.3) is 0 Å². The van der Waals surface area contributed by atoms with Crippen LogP contribution in [0.4, 0.5) is 0 Å². The molecule has 2 aromatic rings. The first-order valence-corrected chi connectivity index (χ1v) is 11.0. The summed E-state index contributed by atoms with van der Waals surface area (Å²) < 4.78 is 30.4. The third kappa shape index (κ3) is 3.28. The van der Waals surface area contributed by atoms with Crippen molar-refractivity contribution in [3.63, 3.8) is 0 Å². The lowest BCUT2D eigenvalue weighted by Gasteiger charge is -2.27. The van der Waals surface area contributed by atoms with Gasteiger partial charge < -0.3 is 0 Å². The molecular weight excluding hydrogens is 360 g/mol. The van der Waals surface area contributed by atoms with E-state index in [9.17, 15) is 8.42 Å². The molecule has 0 saturated heterocycles. The number of nitriles is 1. The Balaban J connectivity index is 1.70. The van der Waals surface area contributed by atoms with Crippen molar-refractivity contribution in [3.05, 3.63) is 46.8 Å². The Kier molecular flexibility index (Phi) is 4.79. The molecule has 0 amide bonds. The topological polar surface area (TPSA) is 79.0 Å². The summed E-state index contributed by atoms with van der Waals surface area (Å²) in [6.45, 7) is 0.330. The number of aryl methyl sites for hydroxylation is 1. The quantitative estimate of drug-likeness (QED) is 0.794. The van der Waals surface area contributed by atoms with Gasteiger partial charge in [-0.3, -0.25) is 4.68 Å². The molecule has 142 valence electrons. The van der Waals surface area contributed by atoms with E-state index in [-0.39, 0.29) is 10.9 Å². The molecule has 1 aromatic carbocycles. The Morgan fingerprint density at radius 3 is 2.56 bits per heavy atom. The summed E-state index contributed by atoms with van der Waals surface area (Å²) in [7, 11) is -1.69. The van der Waals surface area contributed by atoms with Gasteiger partial charge in [-0.25, -0.2) is 8.42 Å². The molecule has 0 atom stereocenters. The van der Waals surface area contributed by atoms with E-state index < -0.39 is 10.0 Å². The summed E-state index contributed by atoms with van der Waals surface area (Å²) in [5, 5.41) is 13.6. The molecular formula is C20H24N4O2S. The van der Waals surface area contributed by atoms with Crippen molar-refractivity contribution in [2.45, 2.75) is 62.4 Å². The van der Waals surface area contributed by atoms with Crippen molar-refractivity contribution in [3.8, 4) is 6.07 Å². The van der Waals surface area contributed by atoms with Crippen LogP contribution < -0.4 is 0 Å². The molecule has 1 aromatic heterocycles. The highest BCUT2D eigenvalue weighted by Gasteiger charge is 2.35. The van der Waals surface area contributed by atoms with Crippen LogP contribution in [-0.4, -0.2) is 28.5 Å². The number of hydrogen-bond acceptors (Lipinski definition) is 4. The molecule has 1 heterocycles. The third-order valence-electron chi connectivity index (χ3n) is 5.83. The second-order valence-corrected chi connectivity index (χ2v) is 9.36. The first-order valence-electron chi connectivity index (χ1n) is 9.56. The number of fused-ring (bicyclic) bond motifs is 1. The summed E-state index contributed by atoms with van der Waals surface area (Å²) in [6, 6.07) is 8.27. The summed E-state index contributed by atoms with van der Waals surface area (Å²) in [4.78, 5) is 0.251. The van der Waals surface area contributed by atoms with Crippen LogP contribution >= 0.6 is 0 Å². The lowest BCUT2D eigenvalue weighted by molar-refractivity contribution is 0.311. The van der Waals surface area contributed by atoms with Crippen LogP contribution in [0, 0.1) is 11.3 Å². The van der Waals surface area contributed by atoms with E-state index in [1.807, 2.05) is 17.8 Å². The highest BCUT2D eigenvalue weighted by molar-refractivity contribution is 7.89. The fourth-order valence-electron chi connectivity index (χ4n) is 4.41. The van der Waals surface area contributed by atoms with Crippen molar-refractivity contribution in [1.82, 2.24) is 14.1 Å². The monoisotopic (exact) mass is 384 g/mol. The van der Waals surface area contributed by atoms with E-state index >= 15 is 0 Å². The van der Waals surface area contributed by atoms with E-state index in [1.165, 1.54) is 11.3 Å². The molecule has 1 fully saturated rings. The Morgan fingerprint density at radius 1 is 1.19 bits per heavy atom. The first kappa shape index (κ1) is 18.2. The minimum Gasteiger partial charge on any atom is -0.272 e. The second-order valence-electron chi connectivity index (χ2n) is 7.47. The van der Waals surface area contributed by atoms with Gasteiger partial charge in [0.25, 0.3) is 0 Å². The molecule has 2 aliphatic carbocycles. The van der Waals surface area contributed by atoms with Gasteiger partial charge in [0.2, 0.25) is 10.0 Å². The molecule has 0 bridgehead atoms. The van der Waals surface area contributed by atoms with Crippen LogP contribution in [0.3, 0.4) is 0 Å². The van der Waals surface area contributed by atoms with Gasteiger partial charge in [0.1, 0.15) is 0 Å². The van der Waals surface area contributed by atoms with Crippen LogP contribution in [0.5, 0.6) is 0 Å². The summed E-state index contributed by atoms with van der Waals surface area (Å²) in [6.07, 6.45) is 7.02. The lowest BCUT2D eigenvalue weighted by Crippen LogP contribution is -2.38. The summed E-state index contributed by atoms with van der Waals surface area (Å²) in [5.41, 5.74) is 3.83. The molecule has 0 N–H and O–H groups in total. The van der Waals surface area contributed by atoms with Gasteiger partial charge >= 0.3 is 0 Å². The molecule has 7 heteroatoms. The maximum atomic E-state index is 13.4. The number of hydrogen-bond donors (Lipinski definition) is 0. The molecule has 6 nitrogen and oxygen atoms in total. The van der Waals surface area contributed by atoms with Crippen molar-refractivity contribution in [2.75, 3.05) is 0 Å². The molecule has 4 rings (SSSR count). The fraction of sp³-hybridized carbons (Fsp3) is 0.500. The molecule has 0 unspecified atom stereocenters. The van der Waals surface area contributed by atoms with Crippen LogP contribution in [0.2, 0.25) is 0 Å². The van der Waals surface area contributed by atoms with E-state index in [1.54, 1.807) is 28.6 Å².